The quantitative estimate of drug-likeness (QED) is 0.428. The van der Waals surface area contributed by atoms with Crippen LogP contribution in [0.5, 0.6) is 0 Å². The van der Waals surface area contributed by atoms with E-state index in [-0.39, 0.29) is 25.2 Å². The highest BCUT2D eigenvalue weighted by atomic mass is 16.2. The average Bonchev–Trinajstić information content (AvgIpc) is 2.82. The van der Waals surface area contributed by atoms with Gasteiger partial charge in [0.05, 0.1) is 6.42 Å². The second-order valence-corrected chi connectivity index (χ2v) is 4.81. The number of nitrogens with one attached hydrogen (secondary N) is 4. The van der Waals surface area contributed by atoms with Gasteiger partial charge in [-0.05, 0) is 12.0 Å². The lowest BCUT2D eigenvalue weighted by Gasteiger charge is -2.09. The first kappa shape index (κ1) is 15.5. The number of carbonyl (C=O) groups is 4. The van der Waals surface area contributed by atoms with Crippen LogP contribution in [0.3, 0.4) is 0 Å². The molecule has 2 rings (SSSR count). The zero-order valence-corrected chi connectivity index (χ0v) is 11.7. The molecule has 0 radical (unpaired) electrons. The maximum Gasteiger partial charge on any atom is 0.322 e. The van der Waals surface area contributed by atoms with E-state index in [1.807, 2.05) is 30.3 Å². The van der Waals surface area contributed by atoms with Crippen LogP contribution in [0.2, 0.25) is 0 Å². The Labute approximate surface area is 126 Å². The van der Waals surface area contributed by atoms with Gasteiger partial charge in [0.25, 0.3) is 5.91 Å². The third-order valence-electron chi connectivity index (χ3n) is 3.07. The zero-order chi connectivity index (χ0) is 15.9. The molecule has 1 atom stereocenters. The Morgan fingerprint density at radius 3 is 2.36 bits per heavy atom. The van der Waals surface area contributed by atoms with Crippen LogP contribution in [-0.2, 0) is 20.8 Å². The Kier molecular flexibility index (Phi) is 5.07. The summed E-state index contributed by atoms with van der Waals surface area (Å²) in [6, 6.07) is 7.83. The molecule has 1 saturated heterocycles. The van der Waals surface area contributed by atoms with Gasteiger partial charge in [0.15, 0.2) is 0 Å². The maximum atomic E-state index is 11.6. The van der Waals surface area contributed by atoms with E-state index < -0.39 is 23.9 Å². The molecule has 1 fully saturated rings. The van der Waals surface area contributed by atoms with Crippen LogP contribution in [0.15, 0.2) is 30.3 Å². The molecule has 0 saturated carbocycles. The fraction of sp³-hybridized carbons (Fsp3) is 0.286. The van der Waals surface area contributed by atoms with Crippen molar-refractivity contribution in [2.75, 3.05) is 0 Å². The highest BCUT2D eigenvalue weighted by molar-refractivity contribution is 6.04. The van der Waals surface area contributed by atoms with Crippen molar-refractivity contribution in [2.24, 2.45) is 0 Å². The lowest BCUT2D eigenvalue weighted by atomic mass is 10.1. The number of urea groups is 1. The number of imide groups is 1. The van der Waals surface area contributed by atoms with Crippen LogP contribution in [-0.4, -0.2) is 29.8 Å². The second-order valence-electron chi connectivity index (χ2n) is 4.81. The fourth-order valence-corrected chi connectivity index (χ4v) is 1.96. The minimum Gasteiger partial charge on any atom is -0.326 e. The number of benzene rings is 1. The molecule has 1 heterocycles. The van der Waals surface area contributed by atoms with E-state index in [0.29, 0.717) is 0 Å². The zero-order valence-electron chi connectivity index (χ0n) is 11.7. The predicted molar refractivity (Wildman–Crippen MR) is 76.1 cm³/mol. The SMILES string of the molecule is O=C(CCC1NC(=O)NC1=O)NNC(=O)Cc1ccccc1. The first-order valence-corrected chi connectivity index (χ1v) is 6.77. The van der Waals surface area contributed by atoms with Crippen molar-refractivity contribution in [3.05, 3.63) is 35.9 Å². The first-order chi connectivity index (χ1) is 10.5. The molecule has 5 amide bonds. The van der Waals surface area contributed by atoms with E-state index in [1.54, 1.807) is 0 Å². The molecule has 1 unspecified atom stereocenters. The molecule has 8 heteroatoms. The van der Waals surface area contributed by atoms with Gasteiger partial charge in [-0.25, -0.2) is 4.79 Å². The Balaban J connectivity index is 1.66. The van der Waals surface area contributed by atoms with Crippen molar-refractivity contribution >= 4 is 23.8 Å². The molecule has 0 spiro atoms. The molecule has 116 valence electrons. The lowest BCUT2D eigenvalue weighted by molar-refractivity contribution is -0.129. The summed E-state index contributed by atoms with van der Waals surface area (Å²) >= 11 is 0. The second kappa shape index (κ2) is 7.21. The van der Waals surface area contributed by atoms with E-state index in [1.165, 1.54) is 0 Å². The molecule has 1 aliphatic rings. The van der Waals surface area contributed by atoms with Gasteiger partial charge in [-0.3, -0.25) is 30.6 Å². The minimum absolute atomic E-state index is 0.00395. The number of amides is 5. The molecule has 1 aromatic rings. The van der Waals surface area contributed by atoms with Gasteiger partial charge < -0.3 is 5.32 Å². The summed E-state index contributed by atoms with van der Waals surface area (Å²) < 4.78 is 0. The standard InChI is InChI=1S/C14H16N4O4/c19-11(7-6-10-13(21)16-14(22)15-10)17-18-12(20)8-9-4-2-1-3-5-9/h1-5,10H,6-8H2,(H,17,19)(H,18,20)(H2,15,16,21,22). The normalized spacial score (nSPS) is 16.6. The van der Waals surface area contributed by atoms with Crippen molar-refractivity contribution in [1.29, 1.82) is 0 Å². The third-order valence-corrected chi connectivity index (χ3v) is 3.07. The first-order valence-electron chi connectivity index (χ1n) is 6.77. The highest BCUT2D eigenvalue weighted by Crippen LogP contribution is 2.02. The number of hydrazine groups is 1. The molecular formula is C14H16N4O4. The van der Waals surface area contributed by atoms with Gasteiger partial charge >= 0.3 is 6.03 Å². The Morgan fingerprint density at radius 2 is 1.73 bits per heavy atom. The average molecular weight is 304 g/mol. The maximum absolute atomic E-state index is 11.6. The smallest absolute Gasteiger partial charge is 0.322 e. The molecule has 0 bridgehead atoms. The van der Waals surface area contributed by atoms with Gasteiger partial charge in [-0.15, -0.1) is 0 Å². The van der Waals surface area contributed by atoms with Crippen LogP contribution in [0, 0.1) is 0 Å². The highest BCUT2D eigenvalue weighted by Gasteiger charge is 2.29. The molecule has 1 aliphatic heterocycles. The third kappa shape index (κ3) is 4.58. The number of rotatable bonds is 5. The van der Waals surface area contributed by atoms with Crippen LogP contribution >= 0.6 is 0 Å². The number of hydrogen-bond donors (Lipinski definition) is 4. The number of carbonyl (C=O) groups excluding carboxylic acids is 4. The van der Waals surface area contributed by atoms with E-state index in [0.717, 1.165) is 5.56 Å². The van der Waals surface area contributed by atoms with Crippen molar-refractivity contribution in [2.45, 2.75) is 25.3 Å². The largest absolute Gasteiger partial charge is 0.326 e. The molecule has 0 aromatic heterocycles. The lowest BCUT2D eigenvalue weighted by Crippen LogP contribution is -2.43. The monoisotopic (exact) mass is 304 g/mol. The number of hydrogen-bond acceptors (Lipinski definition) is 4. The summed E-state index contributed by atoms with van der Waals surface area (Å²) in [6.45, 7) is 0. The molecule has 22 heavy (non-hydrogen) atoms. The summed E-state index contributed by atoms with van der Waals surface area (Å²) in [5.41, 5.74) is 5.40. The summed E-state index contributed by atoms with van der Waals surface area (Å²) in [7, 11) is 0. The molecule has 1 aromatic carbocycles. The van der Waals surface area contributed by atoms with Crippen molar-refractivity contribution in [3.8, 4) is 0 Å². The molecule has 8 nitrogen and oxygen atoms in total. The van der Waals surface area contributed by atoms with Crippen LogP contribution < -0.4 is 21.5 Å². The summed E-state index contributed by atoms with van der Waals surface area (Å²) in [6.07, 6.45) is 0.324. The van der Waals surface area contributed by atoms with Gasteiger partial charge in [0, 0.05) is 6.42 Å². The molecular weight excluding hydrogens is 288 g/mol. The Morgan fingerprint density at radius 1 is 1.05 bits per heavy atom. The van der Waals surface area contributed by atoms with E-state index in [2.05, 4.69) is 21.5 Å². The van der Waals surface area contributed by atoms with Crippen LogP contribution in [0.4, 0.5) is 4.79 Å². The van der Waals surface area contributed by atoms with Crippen molar-refractivity contribution in [3.63, 3.8) is 0 Å². The molecule has 0 aliphatic carbocycles. The molecule has 4 N–H and O–H groups in total. The van der Waals surface area contributed by atoms with Gasteiger partial charge in [0.1, 0.15) is 6.04 Å². The van der Waals surface area contributed by atoms with Gasteiger partial charge in [0.2, 0.25) is 11.8 Å². The van der Waals surface area contributed by atoms with Crippen molar-refractivity contribution in [1.82, 2.24) is 21.5 Å². The van der Waals surface area contributed by atoms with Crippen LogP contribution in [0.1, 0.15) is 18.4 Å². The summed E-state index contributed by atoms with van der Waals surface area (Å²) in [5.74, 6) is -1.23. The van der Waals surface area contributed by atoms with E-state index in [9.17, 15) is 19.2 Å². The van der Waals surface area contributed by atoms with Gasteiger partial charge in [-0.1, -0.05) is 30.3 Å². The predicted octanol–water partition coefficient (Wildman–Crippen LogP) is -0.635. The van der Waals surface area contributed by atoms with Crippen molar-refractivity contribution < 1.29 is 19.2 Å². The Hall–Kier alpha value is -2.90. The topological polar surface area (TPSA) is 116 Å². The minimum atomic E-state index is -0.710. The fourth-order valence-electron chi connectivity index (χ4n) is 1.96. The van der Waals surface area contributed by atoms with Crippen LogP contribution in [0.25, 0.3) is 0 Å². The Bertz CT molecular complexity index is 588. The van der Waals surface area contributed by atoms with Gasteiger partial charge in [-0.2, -0.15) is 0 Å². The summed E-state index contributed by atoms with van der Waals surface area (Å²) in [5, 5.41) is 4.47. The van der Waals surface area contributed by atoms with E-state index >= 15 is 0 Å². The van der Waals surface area contributed by atoms with E-state index in [4.69, 9.17) is 0 Å². The summed E-state index contributed by atoms with van der Waals surface area (Å²) in [4.78, 5) is 45.4.